The number of hydrogen-bond donors (Lipinski definition) is 0. The number of hydrogen-bond acceptors (Lipinski definition) is 3. The summed E-state index contributed by atoms with van der Waals surface area (Å²) in [6.07, 6.45) is 0. The standard InChI is InChI=1S/C63H43N3O/c67-63-52-30-14-13-20-44(52)36-37-45-21-19-34-56(62(45)63)54-32-16-15-31-53(54)55-33-17-18-35-59(55)66-60-40-38-50(64(46-22-5-1-6-23-46)47-24-7-2-8-25-47)42-57(60)58-43-51(39-41-61(58)66)65(48-26-9-3-10-27-48)49-28-11-4-12-29-49/h1-43H. The highest BCUT2D eigenvalue weighted by Crippen LogP contribution is 2.45. The normalized spacial score (nSPS) is 11.3. The van der Waals surface area contributed by atoms with Crippen LogP contribution in [0.3, 0.4) is 0 Å². The SMILES string of the molecule is O=c1c2ccccc2ccc2cccc(-c3ccccc3-c3ccccc3-n3c4ccc(N(c5ccccc5)c5ccccc5)cc4c4cc(N(c5ccccc5)c5ccccc5)ccc43)c12. The molecule has 0 aliphatic carbocycles. The molecule has 0 amide bonds. The minimum atomic E-state index is 0.0309. The van der Waals surface area contributed by atoms with Crippen molar-refractivity contribution in [3.05, 3.63) is 271 Å². The monoisotopic (exact) mass is 857 g/mol. The second-order valence-corrected chi connectivity index (χ2v) is 16.8. The minimum absolute atomic E-state index is 0.0309. The van der Waals surface area contributed by atoms with Gasteiger partial charge < -0.3 is 14.4 Å². The van der Waals surface area contributed by atoms with Crippen molar-refractivity contribution in [2.75, 3.05) is 9.80 Å². The molecule has 0 aliphatic heterocycles. The molecule has 0 atom stereocenters. The molecule has 12 aromatic rings. The van der Waals surface area contributed by atoms with E-state index in [1.165, 1.54) is 0 Å². The van der Waals surface area contributed by atoms with Gasteiger partial charge in [-0.05, 0) is 118 Å². The maximum atomic E-state index is 14.6. The van der Waals surface area contributed by atoms with Crippen molar-refractivity contribution < 1.29 is 0 Å². The molecule has 0 N–H and O–H groups in total. The summed E-state index contributed by atoms with van der Waals surface area (Å²) in [7, 11) is 0. The van der Waals surface area contributed by atoms with E-state index in [1.807, 2.05) is 30.3 Å². The maximum absolute atomic E-state index is 14.6. The molecular weight excluding hydrogens is 815 g/mol. The van der Waals surface area contributed by atoms with Gasteiger partial charge in [0.05, 0.1) is 16.7 Å². The topological polar surface area (TPSA) is 28.5 Å². The first-order valence-electron chi connectivity index (χ1n) is 22.7. The van der Waals surface area contributed by atoms with Crippen LogP contribution in [0.5, 0.6) is 0 Å². The number of rotatable bonds is 9. The Labute approximate surface area is 389 Å². The van der Waals surface area contributed by atoms with Crippen LogP contribution in [-0.4, -0.2) is 4.57 Å². The number of aromatic nitrogens is 1. The second-order valence-electron chi connectivity index (χ2n) is 16.8. The molecule has 0 saturated heterocycles. The van der Waals surface area contributed by atoms with Crippen LogP contribution >= 0.6 is 0 Å². The van der Waals surface area contributed by atoms with E-state index in [-0.39, 0.29) is 5.43 Å². The fraction of sp³-hybridized carbons (Fsp3) is 0. The lowest BCUT2D eigenvalue weighted by atomic mass is 9.91. The van der Waals surface area contributed by atoms with Crippen molar-refractivity contribution in [3.63, 3.8) is 0 Å². The van der Waals surface area contributed by atoms with E-state index in [0.717, 1.165) is 94.6 Å². The molecule has 4 nitrogen and oxygen atoms in total. The van der Waals surface area contributed by atoms with Crippen LogP contribution < -0.4 is 15.2 Å². The summed E-state index contributed by atoms with van der Waals surface area (Å²) < 4.78 is 2.42. The number of fused-ring (bicyclic) bond motifs is 5. The highest BCUT2D eigenvalue weighted by Gasteiger charge is 2.22. The van der Waals surface area contributed by atoms with Gasteiger partial charge in [0.15, 0.2) is 5.43 Å². The van der Waals surface area contributed by atoms with Crippen molar-refractivity contribution >= 4 is 77.5 Å². The smallest absolute Gasteiger partial charge is 0.194 e. The predicted octanol–water partition coefficient (Wildman–Crippen LogP) is 16.7. The second kappa shape index (κ2) is 16.9. The molecule has 67 heavy (non-hydrogen) atoms. The zero-order valence-electron chi connectivity index (χ0n) is 36.6. The minimum Gasteiger partial charge on any atom is -0.310 e. The van der Waals surface area contributed by atoms with Gasteiger partial charge in [0, 0.05) is 61.2 Å². The van der Waals surface area contributed by atoms with Gasteiger partial charge in [-0.2, -0.15) is 0 Å². The van der Waals surface area contributed by atoms with Gasteiger partial charge in [-0.1, -0.05) is 170 Å². The van der Waals surface area contributed by atoms with Crippen molar-refractivity contribution in [1.29, 1.82) is 0 Å². The van der Waals surface area contributed by atoms with E-state index < -0.39 is 0 Å². The summed E-state index contributed by atoms with van der Waals surface area (Å²) in [6, 6.07) is 91.5. The Hall–Kier alpha value is -8.99. The molecule has 1 aromatic heterocycles. The van der Waals surface area contributed by atoms with Crippen LogP contribution in [-0.2, 0) is 0 Å². The average Bonchev–Trinajstić information content (AvgIpc) is 3.63. The summed E-state index contributed by atoms with van der Waals surface area (Å²) >= 11 is 0. The lowest BCUT2D eigenvalue weighted by molar-refractivity contribution is 1.18. The third-order valence-corrected chi connectivity index (χ3v) is 12.9. The summed E-state index contributed by atoms with van der Waals surface area (Å²) in [5, 5.41) is 5.52. The van der Waals surface area contributed by atoms with Crippen LogP contribution in [0.25, 0.3) is 71.3 Å². The highest BCUT2D eigenvalue weighted by atomic mass is 16.1. The molecule has 0 aliphatic rings. The first-order chi connectivity index (χ1) is 33.2. The van der Waals surface area contributed by atoms with Crippen molar-refractivity contribution in [3.8, 4) is 27.9 Å². The number of nitrogens with zero attached hydrogens (tertiary/aromatic N) is 3. The van der Waals surface area contributed by atoms with E-state index in [4.69, 9.17) is 0 Å². The van der Waals surface area contributed by atoms with E-state index in [0.29, 0.717) is 10.8 Å². The van der Waals surface area contributed by atoms with Crippen molar-refractivity contribution in [1.82, 2.24) is 4.57 Å². The summed E-state index contributed by atoms with van der Waals surface area (Å²) in [5.74, 6) is 0. The first kappa shape index (κ1) is 39.6. The fourth-order valence-corrected chi connectivity index (χ4v) is 9.94. The van der Waals surface area contributed by atoms with E-state index in [2.05, 4.69) is 245 Å². The lowest BCUT2D eigenvalue weighted by Crippen LogP contribution is -2.09. The van der Waals surface area contributed by atoms with Crippen LogP contribution in [0, 0.1) is 0 Å². The quantitative estimate of drug-likeness (QED) is 0.145. The van der Waals surface area contributed by atoms with Gasteiger partial charge in [-0.15, -0.1) is 0 Å². The number of para-hydroxylation sites is 5. The van der Waals surface area contributed by atoms with Crippen molar-refractivity contribution in [2.45, 2.75) is 0 Å². The Morgan fingerprint density at radius 1 is 0.284 bits per heavy atom. The zero-order valence-corrected chi connectivity index (χ0v) is 36.6. The lowest BCUT2D eigenvalue weighted by Gasteiger charge is -2.26. The van der Waals surface area contributed by atoms with Gasteiger partial charge in [0.2, 0.25) is 0 Å². The van der Waals surface area contributed by atoms with Crippen LogP contribution in [0.4, 0.5) is 34.1 Å². The average molecular weight is 858 g/mol. The molecule has 1 heterocycles. The van der Waals surface area contributed by atoms with Crippen molar-refractivity contribution in [2.24, 2.45) is 0 Å². The van der Waals surface area contributed by atoms with Gasteiger partial charge in [0.25, 0.3) is 0 Å². The Kier molecular flexibility index (Phi) is 9.96. The third-order valence-electron chi connectivity index (χ3n) is 12.9. The largest absolute Gasteiger partial charge is 0.310 e. The number of anilines is 6. The van der Waals surface area contributed by atoms with Crippen LogP contribution in [0.2, 0.25) is 0 Å². The summed E-state index contributed by atoms with van der Waals surface area (Å²) in [5.41, 5.74) is 13.7. The molecule has 0 bridgehead atoms. The van der Waals surface area contributed by atoms with Gasteiger partial charge in [0.1, 0.15) is 0 Å². The molecule has 4 heteroatoms. The molecular formula is C63H43N3O. The maximum Gasteiger partial charge on any atom is 0.194 e. The molecule has 0 spiro atoms. The van der Waals surface area contributed by atoms with Crippen LogP contribution in [0.15, 0.2) is 266 Å². The third kappa shape index (κ3) is 7.00. The van der Waals surface area contributed by atoms with E-state index in [9.17, 15) is 4.79 Å². The molecule has 11 aromatic carbocycles. The predicted molar refractivity (Wildman–Crippen MR) is 282 cm³/mol. The zero-order chi connectivity index (χ0) is 44.7. The molecule has 0 fully saturated rings. The first-order valence-corrected chi connectivity index (χ1v) is 22.7. The molecule has 0 radical (unpaired) electrons. The van der Waals surface area contributed by atoms with Crippen LogP contribution in [0.1, 0.15) is 0 Å². The molecule has 0 unspecified atom stereocenters. The highest BCUT2D eigenvalue weighted by molar-refractivity contribution is 6.13. The Morgan fingerprint density at radius 3 is 1.22 bits per heavy atom. The Bertz CT molecular complexity index is 3610. The van der Waals surface area contributed by atoms with Gasteiger partial charge in [-0.25, -0.2) is 0 Å². The Balaban J connectivity index is 1.12. The van der Waals surface area contributed by atoms with Gasteiger partial charge >= 0.3 is 0 Å². The number of benzene rings is 10. The van der Waals surface area contributed by atoms with E-state index >= 15 is 0 Å². The molecule has 0 saturated carbocycles. The summed E-state index contributed by atoms with van der Waals surface area (Å²) in [6.45, 7) is 0. The van der Waals surface area contributed by atoms with E-state index in [1.54, 1.807) is 0 Å². The molecule has 316 valence electrons. The fourth-order valence-electron chi connectivity index (χ4n) is 9.94. The molecule has 12 rings (SSSR count). The summed E-state index contributed by atoms with van der Waals surface area (Å²) in [4.78, 5) is 19.2. The Morgan fingerprint density at radius 2 is 0.687 bits per heavy atom. The van der Waals surface area contributed by atoms with Gasteiger partial charge in [-0.3, -0.25) is 4.79 Å².